The van der Waals surface area contributed by atoms with Gasteiger partial charge in [0.2, 0.25) is 0 Å². The highest BCUT2D eigenvalue weighted by molar-refractivity contribution is 9.13. The van der Waals surface area contributed by atoms with E-state index in [1.165, 1.54) is 0 Å². The van der Waals surface area contributed by atoms with Gasteiger partial charge in [-0.3, -0.25) is 0 Å². The number of hydrogen-bond donors (Lipinski definition) is 2. The van der Waals surface area contributed by atoms with Crippen molar-refractivity contribution >= 4 is 43.5 Å². The van der Waals surface area contributed by atoms with Crippen molar-refractivity contribution in [1.82, 2.24) is 0 Å². The van der Waals surface area contributed by atoms with Crippen LogP contribution in [0.25, 0.3) is 0 Å². The molecule has 19 heavy (non-hydrogen) atoms. The molecule has 2 N–H and O–H groups in total. The molecule has 0 radical (unpaired) electrons. The van der Waals surface area contributed by atoms with Crippen LogP contribution in [0.2, 0.25) is 0 Å². The SMILES string of the molecule is O=C(O)c1ccc(NCc2ccc(Br)c(Br)c2)cc1. The molecule has 0 bridgehead atoms. The summed E-state index contributed by atoms with van der Waals surface area (Å²) in [7, 11) is 0. The van der Waals surface area contributed by atoms with Crippen LogP contribution in [0.5, 0.6) is 0 Å². The third-order valence-electron chi connectivity index (χ3n) is 2.61. The molecular formula is C14H11Br2NO2. The molecule has 0 spiro atoms. The Labute approximate surface area is 127 Å². The molecule has 0 saturated heterocycles. The van der Waals surface area contributed by atoms with Gasteiger partial charge in [0.25, 0.3) is 0 Å². The second-order valence-electron chi connectivity index (χ2n) is 3.98. The molecule has 2 aromatic rings. The molecule has 0 atom stereocenters. The van der Waals surface area contributed by atoms with Gasteiger partial charge in [0, 0.05) is 21.2 Å². The van der Waals surface area contributed by atoms with Gasteiger partial charge in [-0.05, 0) is 73.8 Å². The molecule has 0 aliphatic carbocycles. The van der Waals surface area contributed by atoms with E-state index in [2.05, 4.69) is 37.2 Å². The van der Waals surface area contributed by atoms with E-state index in [0.29, 0.717) is 6.54 Å². The van der Waals surface area contributed by atoms with Crippen molar-refractivity contribution in [1.29, 1.82) is 0 Å². The summed E-state index contributed by atoms with van der Waals surface area (Å²) in [5.41, 5.74) is 2.32. The van der Waals surface area contributed by atoms with Crippen molar-refractivity contribution in [2.24, 2.45) is 0 Å². The highest BCUT2D eigenvalue weighted by Crippen LogP contribution is 2.24. The third-order valence-corrected chi connectivity index (χ3v) is 4.49. The monoisotopic (exact) mass is 383 g/mol. The molecular weight excluding hydrogens is 374 g/mol. The Balaban J connectivity index is 2.01. The minimum absolute atomic E-state index is 0.289. The first kappa shape index (κ1) is 14.1. The van der Waals surface area contributed by atoms with E-state index in [0.717, 1.165) is 20.2 Å². The molecule has 0 saturated carbocycles. The Morgan fingerprint density at radius 1 is 1.05 bits per heavy atom. The van der Waals surface area contributed by atoms with Crippen molar-refractivity contribution in [2.75, 3.05) is 5.32 Å². The molecule has 0 aliphatic rings. The third kappa shape index (κ3) is 3.81. The van der Waals surface area contributed by atoms with Crippen molar-refractivity contribution in [3.8, 4) is 0 Å². The number of hydrogen-bond acceptors (Lipinski definition) is 2. The van der Waals surface area contributed by atoms with Gasteiger partial charge in [0.05, 0.1) is 5.56 Å². The predicted molar refractivity (Wildman–Crippen MR) is 82.6 cm³/mol. The minimum atomic E-state index is -0.914. The van der Waals surface area contributed by atoms with E-state index < -0.39 is 5.97 Å². The fourth-order valence-corrected chi connectivity index (χ4v) is 2.26. The number of carboxylic acid groups (broad SMARTS) is 1. The summed E-state index contributed by atoms with van der Waals surface area (Å²) in [6.07, 6.45) is 0. The van der Waals surface area contributed by atoms with Crippen LogP contribution in [0.1, 0.15) is 15.9 Å². The number of carboxylic acids is 1. The van der Waals surface area contributed by atoms with Gasteiger partial charge in [-0.1, -0.05) is 6.07 Å². The average molecular weight is 385 g/mol. The zero-order chi connectivity index (χ0) is 13.8. The van der Waals surface area contributed by atoms with Crippen LogP contribution in [0.3, 0.4) is 0 Å². The lowest BCUT2D eigenvalue weighted by Gasteiger charge is -2.08. The molecule has 0 unspecified atom stereocenters. The fourth-order valence-electron chi connectivity index (χ4n) is 1.58. The lowest BCUT2D eigenvalue weighted by molar-refractivity contribution is 0.0697. The number of benzene rings is 2. The van der Waals surface area contributed by atoms with Gasteiger partial charge in [-0.25, -0.2) is 4.79 Å². The smallest absolute Gasteiger partial charge is 0.335 e. The van der Waals surface area contributed by atoms with Gasteiger partial charge in [0.15, 0.2) is 0 Å². The number of anilines is 1. The number of aromatic carboxylic acids is 1. The zero-order valence-electron chi connectivity index (χ0n) is 9.86. The molecule has 0 aliphatic heterocycles. The van der Waals surface area contributed by atoms with Crippen molar-refractivity contribution in [3.63, 3.8) is 0 Å². The van der Waals surface area contributed by atoms with E-state index in [-0.39, 0.29) is 5.56 Å². The molecule has 5 heteroatoms. The lowest BCUT2D eigenvalue weighted by atomic mass is 10.2. The summed E-state index contributed by atoms with van der Waals surface area (Å²) >= 11 is 6.88. The van der Waals surface area contributed by atoms with Crippen LogP contribution >= 0.6 is 31.9 Å². The Morgan fingerprint density at radius 3 is 2.32 bits per heavy atom. The van der Waals surface area contributed by atoms with Gasteiger partial charge in [-0.2, -0.15) is 0 Å². The molecule has 0 amide bonds. The summed E-state index contributed by atoms with van der Waals surface area (Å²) in [4.78, 5) is 10.7. The van der Waals surface area contributed by atoms with Crippen LogP contribution in [-0.2, 0) is 6.54 Å². The van der Waals surface area contributed by atoms with Gasteiger partial charge in [-0.15, -0.1) is 0 Å². The average Bonchev–Trinajstić information content (AvgIpc) is 2.40. The first-order valence-electron chi connectivity index (χ1n) is 5.57. The highest BCUT2D eigenvalue weighted by atomic mass is 79.9. The molecule has 98 valence electrons. The topological polar surface area (TPSA) is 49.3 Å². The fraction of sp³-hybridized carbons (Fsp3) is 0.0714. The number of halogens is 2. The zero-order valence-corrected chi connectivity index (χ0v) is 13.0. The van der Waals surface area contributed by atoms with Crippen molar-refractivity contribution in [2.45, 2.75) is 6.54 Å². The van der Waals surface area contributed by atoms with Gasteiger partial charge in [0.1, 0.15) is 0 Å². The van der Waals surface area contributed by atoms with E-state index in [1.807, 2.05) is 18.2 Å². The maximum atomic E-state index is 10.7. The molecule has 2 rings (SSSR count). The Bertz CT molecular complexity index is 597. The van der Waals surface area contributed by atoms with Crippen LogP contribution in [-0.4, -0.2) is 11.1 Å². The second-order valence-corrected chi connectivity index (χ2v) is 5.69. The predicted octanol–water partition coefficient (Wildman–Crippen LogP) is 4.52. The van der Waals surface area contributed by atoms with Crippen LogP contribution < -0.4 is 5.32 Å². The number of carbonyl (C=O) groups is 1. The van der Waals surface area contributed by atoms with E-state index in [4.69, 9.17) is 5.11 Å². The summed E-state index contributed by atoms with van der Waals surface area (Å²) in [5, 5.41) is 12.1. The first-order chi connectivity index (χ1) is 9.06. The second kappa shape index (κ2) is 6.21. The molecule has 0 aromatic heterocycles. The molecule has 2 aromatic carbocycles. The Morgan fingerprint density at radius 2 is 1.74 bits per heavy atom. The van der Waals surface area contributed by atoms with E-state index in [9.17, 15) is 4.79 Å². The van der Waals surface area contributed by atoms with Crippen molar-refractivity contribution in [3.05, 3.63) is 62.5 Å². The normalized spacial score (nSPS) is 10.2. The maximum Gasteiger partial charge on any atom is 0.335 e. The summed E-state index contributed by atoms with van der Waals surface area (Å²) in [6, 6.07) is 12.7. The highest BCUT2D eigenvalue weighted by Gasteiger charge is 2.02. The number of nitrogens with one attached hydrogen (secondary N) is 1. The van der Waals surface area contributed by atoms with Crippen molar-refractivity contribution < 1.29 is 9.90 Å². The molecule has 0 heterocycles. The van der Waals surface area contributed by atoms with Gasteiger partial charge >= 0.3 is 5.97 Å². The Hall–Kier alpha value is -1.33. The number of rotatable bonds is 4. The Kier molecular flexibility index (Phi) is 4.61. The minimum Gasteiger partial charge on any atom is -0.478 e. The van der Waals surface area contributed by atoms with Crippen LogP contribution in [0, 0.1) is 0 Å². The van der Waals surface area contributed by atoms with Gasteiger partial charge < -0.3 is 10.4 Å². The molecule has 3 nitrogen and oxygen atoms in total. The lowest BCUT2D eigenvalue weighted by Crippen LogP contribution is -2.01. The standard InChI is InChI=1S/C14H11Br2NO2/c15-12-6-1-9(7-13(12)16)8-17-11-4-2-10(3-5-11)14(18)19/h1-7,17H,8H2,(H,18,19). The maximum absolute atomic E-state index is 10.7. The first-order valence-corrected chi connectivity index (χ1v) is 7.16. The quantitative estimate of drug-likeness (QED) is 0.814. The summed E-state index contributed by atoms with van der Waals surface area (Å²) in [6.45, 7) is 0.679. The summed E-state index contributed by atoms with van der Waals surface area (Å²) in [5.74, 6) is -0.914. The summed E-state index contributed by atoms with van der Waals surface area (Å²) < 4.78 is 2.02. The van der Waals surface area contributed by atoms with E-state index in [1.54, 1.807) is 24.3 Å². The van der Waals surface area contributed by atoms with E-state index >= 15 is 0 Å². The van der Waals surface area contributed by atoms with Crippen LogP contribution in [0.4, 0.5) is 5.69 Å². The largest absolute Gasteiger partial charge is 0.478 e. The molecule has 0 fully saturated rings. The van der Waals surface area contributed by atoms with Crippen LogP contribution in [0.15, 0.2) is 51.4 Å².